The Morgan fingerprint density at radius 1 is 1.21 bits per heavy atom. The third-order valence-corrected chi connectivity index (χ3v) is 2.40. The van der Waals surface area contributed by atoms with Gasteiger partial charge < -0.3 is 4.74 Å². The van der Waals surface area contributed by atoms with E-state index in [0.717, 1.165) is 6.42 Å². The van der Waals surface area contributed by atoms with Gasteiger partial charge in [0.1, 0.15) is 4.83 Å². The summed E-state index contributed by atoms with van der Waals surface area (Å²) in [5.74, 6) is 0. The van der Waals surface area contributed by atoms with Crippen LogP contribution in [0.4, 0.5) is 13.2 Å². The Morgan fingerprint density at radius 2 is 1.71 bits per heavy atom. The fourth-order valence-electron chi connectivity index (χ4n) is 0.660. The van der Waals surface area contributed by atoms with E-state index in [1.807, 2.05) is 20.8 Å². The SMILES string of the molecule is CC(C)(C)CCOCC(Br)C(F)(F)F. The number of ether oxygens (including phenoxy) is 1. The molecule has 0 rings (SSSR count). The van der Waals surface area contributed by atoms with Crippen LogP contribution in [0.25, 0.3) is 0 Å². The summed E-state index contributed by atoms with van der Waals surface area (Å²) >= 11 is 2.53. The molecule has 0 aliphatic heterocycles. The van der Waals surface area contributed by atoms with Gasteiger partial charge in [-0.3, -0.25) is 0 Å². The number of alkyl halides is 4. The van der Waals surface area contributed by atoms with Gasteiger partial charge in [0.05, 0.1) is 6.61 Å². The topological polar surface area (TPSA) is 9.23 Å². The average molecular weight is 277 g/mol. The molecule has 0 aliphatic carbocycles. The van der Waals surface area contributed by atoms with Crippen molar-refractivity contribution in [3.63, 3.8) is 0 Å². The van der Waals surface area contributed by atoms with Crippen molar-refractivity contribution in [2.24, 2.45) is 5.41 Å². The molecular formula is C9H16BrF3O. The van der Waals surface area contributed by atoms with Gasteiger partial charge in [-0.1, -0.05) is 36.7 Å². The maximum atomic E-state index is 12.0. The molecule has 0 aromatic rings. The third kappa shape index (κ3) is 7.62. The van der Waals surface area contributed by atoms with Crippen LogP contribution in [0.2, 0.25) is 0 Å². The smallest absolute Gasteiger partial charge is 0.380 e. The Balaban J connectivity index is 3.56. The predicted molar refractivity (Wildman–Crippen MR) is 53.7 cm³/mol. The minimum absolute atomic E-state index is 0.0973. The molecule has 1 nitrogen and oxygen atoms in total. The highest BCUT2D eigenvalue weighted by Crippen LogP contribution is 2.26. The summed E-state index contributed by atoms with van der Waals surface area (Å²) in [5, 5.41) is 0. The molecular weight excluding hydrogens is 261 g/mol. The lowest BCUT2D eigenvalue weighted by molar-refractivity contribution is -0.137. The van der Waals surface area contributed by atoms with Crippen molar-refractivity contribution in [2.45, 2.75) is 38.2 Å². The Bertz CT molecular complexity index is 162. The zero-order chi connectivity index (χ0) is 11.4. The molecule has 14 heavy (non-hydrogen) atoms. The van der Waals surface area contributed by atoms with E-state index in [-0.39, 0.29) is 12.0 Å². The number of halogens is 4. The van der Waals surface area contributed by atoms with E-state index in [0.29, 0.717) is 6.61 Å². The molecule has 86 valence electrons. The first-order valence-corrected chi connectivity index (χ1v) is 5.33. The molecule has 5 heteroatoms. The standard InChI is InChI=1S/C9H16BrF3O/c1-8(2,3)4-5-14-6-7(10)9(11,12)13/h7H,4-6H2,1-3H3. The van der Waals surface area contributed by atoms with Gasteiger partial charge in [-0.25, -0.2) is 0 Å². The van der Waals surface area contributed by atoms with Crippen LogP contribution in [0.5, 0.6) is 0 Å². The lowest BCUT2D eigenvalue weighted by Gasteiger charge is -2.19. The molecule has 0 aromatic carbocycles. The van der Waals surface area contributed by atoms with Crippen LogP contribution in [-0.2, 0) is 4.74 Å². The van der Waals surface area contributed by atoms with Gasteiger partial charge in [-0.2, -0.15) is 13.2 Å². The highest BCUT2D eigenvalue weighted by molar-refractivity contribution is 9.09. The van der Waals surface area contributed by atoms with Crippen LogP contribution in [0.1, 0.15) is 27.2 Å². The maximum absolute atomic E-state index is 12.0. The molecule has 0 radical (unpaired) electrons. The van der Waals surface area contributed by atoms with E-state index in [9.17, 15) is 13.2 Å². The van der Waals surface area contributed by atoms with Gasteiger partial charge in [0.25, 0.3) is 0 Å². The van der Waals surface area contributed by atoms with Crippen LogP contribution in [0.3, 0.4) is 0 Å². The molecule has 0 fully saturated rings. The highest BCUT2D eigenvalue weighted by atomic mass is 79.9. The Hall–Kier alpha value is 0.230. The van der Waals surface area contributed by atoms with E-state index in [2.05, 4.69) is 15.9 Å². The minimum atomic E-state index is -4.22. The first-order chi connectivity index (χ1) is 6.13. The van der Waals surface area contributed by atoms with Crippen LogP contribution in [0, 0.1) is 5.41 Å². The predicted octanol–water partition coefficient (Wildman–Crippen LogP) is 3.77. The number of hydrogen-bond donors (Lipinski definition) is 0. The second-order valence-corrected chi connectivity index (χ2v) is 5.50. The molecule has 0 saturated carbocycles. The zero-order valence-corrected chi connectivity index (χ0v) is 10.2. The van der Waals surface area contributed by atoms with Crippen LogP contribution in [-0.4, -0.2) is 24.2 Å². The Morgan fingerprint density at radius 3 is 2.07 bits per heavy atom. The van der Waals surface area contributed by atoms with E-state index in [1.54, 1.807) is 0 Å². The van der Waals surface area contributed by atoms with Gasteiger partial charge in [0.2, 0.25) is 0 Å². The van der Waals surface area contributed by atoms with Gasteiger partial charge in [0, 0.05) is 6.61 Å². The molecule has 1 unspecified atom stereocenters. The second kappa shape index (κ2) is 5.35. The average Bonchev–Trinajstić information content (AvgIpc) is 1.93. The monoisotopic (exact) mass is 276 g/mol. The van der Waals surface area contributed by atoms with Crippen molar-refractivity contribution >= 4 is 15.9 Å². The summed E-state index contributed by atoms with van der Waals surface area (Å²) in [4.78, 5) is -1.56. The first kappa shape index (κ1) is 14.2. The molecule has 0 N–H and O–H groups in total. The second-order valence-electron chi connectivity index (χ2n) is 4.39. The summed E-state index contributed by atoms with van der Waals surface area (Å²) in [5.41, 5.74) is 0.0973. The minimum Gasteiger partial charge on any atom is -0.380 e. The summed E-state index contributed by atoms with van der Waals surface area (Å²) in [6.45, 7) is 6.10. The molecule has 0 aromatic heterocycles. The lowest BCUT2D eigenvalue weighted by atomic mass is 9.93. The summed E-state index contributed by atoms with van der Waals surface area (Å²) in [6.07, 6.45) is -3.47. The normalized spacial score (nSPS) is 15.6. The largest absolute Gasteiger partial charge is 0.403 e. The van der Waals surface area contributed by atoms with Crippen LogP contribution < -0.4 is 0 Å². The van der Waals surface area contributed by atoms with Crippen molar-refractivity contribution in [3.05, 3.63) is 0 Å². The Kier molecular flexibility index (Phi) is 5.44. The summed E-state index contributed by atoms with van der Waals surface area (Å²) < 4.78 is 40.9. The molecule has 0 saturated heterocycles. The van der Waals surface area contributed by atoms with Crippen molar-refractivity contribution in [2.75, 3.05) is 13.2 Å². The quantitative estimate of drug-likeness (QED) is 0.561. The Labute approximate surface area is 91.1 Å². The van der Waals surface area contributed by atoms with Gasteiger partial charge in [-0.05, 0) is 11.8 Å². The molecule has 0 bridgehead atoms. The molecule has 0 spiro atoms. The van der Waals surface area contributed by atoms with E-state index < -0.39 is 11.0 Å². The molecule has 0 heterocycles. The number of hydrogen-bond acceptors (Lipinski definition) is 1. The fraction of sp³-hybridized carbons (Fsp3) is 1.00. The van der Waals surface area contributed by atoms with Crippen molar-refractivity contribution < 1.29 is 17.9 Å². The van der Waals surface area contributed by atoms with Crippen molar-refractivity contribution in [3.8, 4) is 0 Å². The van der Waals surface area contributed by atoms with E-state index in [1.165, 1.54) is 0 Å². The lowest BCUT2D eigenvalue weighted by Crippen LogP contribution is -2.28. The van der Waals surface area contributed by atoms with Crippen LogP contribution >= 0.6 is 15.9 Å². The van der Waals surface area contributed by atoms with E-state index in [4.69, 9.17) is 4.74 Å². The maximum Gasteiger partial charge on any atom is 0.403 e. The molecule has 1 atom stereocenters. The van der Waals surface area contributed by atoms with E-state index >= 15 is 0 Å². The van der Waals surface area contributed by atoms with Crippen molar-refractivity contribution in [1.82, 2.24) is 0 Å². The van der Waals surface area contributed by atoms with Crippen molar-refractivity contribution in [1.29, 1.82) is 0 Å². The third-order valence-electron chi connectivity index (χ3n) is 1.62. The highest BCUT2D eigenvalue weighted by Gasteiger charge is 2.37. The summed E-state index contributed by atoms with van der Waals surface area (Å²) in [6, 6.07) is 0. The molecule has 0 amide bonds. The van der Waals surface area contributed by atoms with Gasteiger partial charge in [0.15, 0.2) is 0 Å². The summed E-state index contributed by atoms with van der Waals surface area (Å²) in [7, 11) is 0. The van der Waals surface area contributed by atoms with Gasteiger partial charge in [-0.15, -0.1) is 0 Å². The molecule has 0 aliphatic rings. The van der Waals surface area contributed by atoms with Crippen LogP contribution in [0.15, 0.2) is 0 Å². The number of rotatable bonds is 4. The van der Waals surface area contributed by atoms with Gasteiger partial charge >= 0.3 is 6.18 Å². The zero-order valence-electron chi connectivity index (χ0n) is 8.62. The first-order valence-electron chi connectivity index (χ1n) is 4.41. The fourth-order valence-corrected chi connectivity index (χ4v) is 0.847.